The van der Waals surface area contributed by atoms with Crippen molar-refractivity contribution in [3.05, 3.63) is 63.4 Å². The number of nitro benzene ring substituents is 1. The van der Waals surface area contributed by atoms with Gasteiger partial charge in [0, 0.05) is 35.4 Å². The molecule has 0 unspecified atom stereocenters. The highest BCUT2D eigenvalue weighted by molar-refractivity contribution is 7.93. The molecule has 168 valence electrons. The first-order valence-corrected chi connectivity index (χ1v) is 12.1. The van der Waals surface area contributed by atoms with E-state index < -0.39 is 20.9 Å². The molecule has 0 atom stereocenters. The van der Waals surface area contributed by atoms with Gasteiger partial charge < -0.3 is 4.42 Å². The van der Waals surface area contributed by atoms with E-state index in [1.165, 1.54) is 19.1 Å². The van der Waals surface area contributed by atoms with Crippen LogP contribution in [0.3, 0.4) is 0 Å². The van der Waals surface area contributed by atoms with Gasteiger partial charge in [-0.05, 0) is 56.9 Å². The number of sulfonamides is 1. The highest BCUT2D eigenvalue weighted by Gasteiger charge is 2.32. The Morgan fingerprint density at radius 3 is 2.62 bits per heavy atom. The molecule has 32 heavy (non-hydrogen) atoms. The fourth-order valence-corrected chi connectivity index (χ4v) is 5.62. The number of anilines is 1. The molecule has 1 aromatic heterocycles. The Balaban J connectivity index is 1.87. The molecule has 0 saturated carbocycles. The van der Waals surface area contributed by atoms with Crippen molar-refractivity contribution in [3.63, 3.8) is 0 Å². The molecule has 0 saturated heterocycles. The minimum absolute atomic E-state index is 0.0225. The van der Waals surface area contributed by atoms with Crippen LogP contribution in [0.1, 0.15) is 49.5 Å². The van der Waals surface area contributed by atoms with Gasteiger partial charge >= 0.3 is 0 Å². The van der Waals surface area contributed by atoms with Crippen LogP contribution in [0.4, 0.5) is 11.4 Å². The average Bonchev–Trinajstić information content (AvgIpc) is 3.12. The van der Waals surface area contributed by atoms with Crippen molar-refractivity contribution < 1.29 is 22.6 Å². The summed E-state index contributed by atoms with van der Waals surface area (Å²) in [5.74, 6) is 0.319. The highest BCUT2D eigenvalue weighted by atomic mass is 32.2. The van der Waals surface area contributed by atoms with Crippen LogP contribution in [0, 0.1) is 17.0 Å². The fourth-order valence-electron chi connectivity index (χ4n) is 4.16. The monoisotopic (exact) mass is 456 g/mol. The number of nitro groups is 1. The van der Waals surface area contributed by atoms with E-state index >= 15 is 0 Å². The lowest BCUT2D eigenvalue weighted by atomic mass is 9.96. The number of benzene rings is 2. The number of furan rings is 1. The van der Waals surface area contributed by atoms with E-state index in [0.29, 0.717) is 17.6 Å². The minimum Gasteiger partial charge on any atom is -0.461 e. The van der Waals surface area contributed by atoms with E-state index in [1.807, 2.05) is 0 Å². The van der Waals surface area contributed by atoms with Gasteiger partial charge in [0.2, 0.25) is 5.91 Å². The van der Waals surface area contributed by atoms with Crippen LogP contribution in [0.25, 0.3) is 11.0 Å². The Labute approximate surface area is 186 Å². The third kappa shape index (κ3) is 3.77. The Bertz CT molecular complexity index is 1330. The van der Waals surface area contributed by atoms with Gasteiger partial charge in [0.05, 0.1) is 15.5 Å². The third-order valence-corrected chi connectivity index (χ3v) is 7.52. The molecular formula is C23H24N2O6S. The van der Waals surface area contributed by atoms with E-state index in [1.54, 1.807) is 25.1 Å². The summed E-state index contributed by atoms with van der Waals surface area (Å²) >= 11 is 0. The van der Waals surface area contributed by atoms with Crippen molar-refractivity contribution in [2.75, 3.05) is 4.31 Å². The predicted octanol–water partition coefficient (Wildman–Crippen LogP) is 5.05. The van der Waals surface area contributed by atoms with Crippen LogP contribution < -0.4 is 4.31 Å². The molecule has 1 aliphatic rings. The normalized spacial score (nSPS) is 13.7. The van der Waals surface area contributed by atoms with Gasteiger partial charge in [-0.3, -0.25) is 14.9 Å². The van der Waals surface area contributed by atoms with E-state index in [4.69, 9.17) is 4.42 Å². The zero-order valence-corrected chi connectivity index (χ0v) is 18.8. The zero-order chi connectivity index (χ0) is 23.0. The summed E-state index contributed by atoms with van der Waals surface area (Å²) in [6.45, 7) is 3.32. The number of nitrogens with zero attached hydrogens (tertiary/aromatic N) is 2. The summed E-state index contributed by atoms with van der Waals surface area (Å²) in [6, 6.07) is 8.59. The smallest absolute Gasteiger partial charge is 0.273 e. The van der Waals surface area contributed by atoms with Gasteiger partial charge in [0.25, 0.3) is 15.7 Å². The first-order chi connectivity index (χ1) is 15.2. The Morgan fingerprint density at radius 2 is 1.91 bits per heavy atom. The minimum atomic E-state index is -4.37. The molecule has 0 radical (unpaired) electrons. The second-order valence-corrected chi connectivity index (χ2v) is 9.80. The van der Waals surface area contributed by atoms with Crippen LogP contribution in [0.5, 0.6) is 0 Å². The van der Waals surface area contributed by atoms with Crippen molar-refractivity contribution >= 4 is 38.3 Å². The maximum Gasteiger partial charge on any atom is 0.273 e. The molecule has 8 nitrogen and oxygen atoms in total. The SMILES string of the molecule is CCCC(=O)N(c1ccc2oc3c(c2c1)CCCC3)S(=O)(=O)c1ccc(C)c([N+](=O)[O-])c1. The van der Waals surface area contributed by atoms with Gasteiger partial charge in [0.15, 0.2) is 0 Å². The molecule has 0 aliphatic heterocycles. The average molecular weight is 457 g/mol. The summed E-state index contributed by atoms with van der Waals surface area (Å²) in [5, 5.41) is 12.2. The summed E-state index contributed by atoms with van der Waals surface area (Å²) < 4.78 is 33.8. The van der Waals surface area contributed by atoms with Crippen molar-refractivity contribution in [3.8, 4) is 0 Å². The molecule has 0 bridgehead atoms. The molecule has 1 amide bonds. The van der Waals surface area contributed by atoms with E-state index in [0.717, 1.165) is 52.8 Å². The quantitative estimate of drug-likeness (QED) is 0.379. The molecule has 0 spiro atoms. The number of carbonyl (C=O) groups is 1. The van der Waals surface area contributed by atoms with Gasteiger partial charge in [-0.1, -0.05) is 13.0 Å². The van der Waals surface area contributed by atoms with Crippen molar-refractivity contribution in [1.82, 2.24) is 0 Å². The third-order valence-electron chi connectivity index (χ3n) is 5.78. The Kier molecular flexibility index (Phi) is 5.77. The largest absolute Gasteiger partial charge is 0.461 e. The van der Waals surface area contributed by atoms with E-state index in [-0.39, 0.29) is 22.7 Å². The Hall–Kier alpha value is -3.20. The molecule has 3 aromatic rings. The number of rotatable bonds is 6. The summed E-state index contributed by atoms with van der Waals surface area (Å²) in [6.07, 6.45) is 4.22. The van der Waals surface area contributed by atoms with E-state index in [2.05, 4.69) is 0 Å². The van der Waals surface area contributed by atoms with Crippen molar-refractivity contribution in [2.45, 2.75) is 57.3 Å². The number of hydrogen-bond acceptors (Lipinski definition) is 6. The molecule has 0 fully saturated rings. The fraction of sp³-hybridized carbons (Fsp3) is 0.348. The number of amides is 1. The van der Waals surface area contributed by atoms with Gasteiger partial charge in [-0.25, -0.2) is 12.7 Å². The van der Waals surface area contributed by atoms with Crippen molar-refractivity contribution in [2.24, 2.45) is 0 Å². The standard InChI is InChI=1S/C23H24N2O6S/c1-3-6-23(26)24(32(29,30)17-11-9-15(2)20(14-17)25(27)28)16-10-12-22-19(13-16)18-7-4-5-8-21(18)31-22/h9-14H,3-8H2,1-2H3. The van der Waals surface area contributed by atoms with Gasteiger partial charge in [-0.15, -0.1) is 0 Å². The van der Waals surface area contributed by atoms with Gasteiger partial charge in [0.1, 0.15) is 11.3 Å². The lowest BCUT2D eigenvalue weighted by Crippen LogP contribution is -2.36. The second kappa shape index (κ2) is 8.38. The van der Waals surface area contributed by atoms with Crippen molar-refractivity contribution in [1.29, 1.82) is 0 Å². The number of carbonyl (C=O) groups excluding carboxylic acids is 1. The topological polar surface area (TPSA) is 111 Å². The summed E-state index contributed by atoms with van der Waals surface area (Å²) in [4.78, 5) is 23.4. The zero-order valence-electron chi connectivity index (χ0n) is 18.0. The van der Waals surface area contributed by atoms with Crippen LogP contribution in [0.15, 0.2) is 45.7 Å². The lowest BCUT2D eigenvalue weighted by molar-refractivity contribution is -0.385. The maximum absolute atomic E-state index is 13.6. The van der Waals surface area contributed by atoms with Crippen LogP contribution in [-0.4, -0.2) is 19.2 Å². The molecule has 2 aromatic carbocycles. The number of hydrogen-bond donors (Lipinski definition) is 0. The lowest BCUT2D eigenvalue weighted by Gasteiger charge is -2.23. The highest BCUT2D eigenvalue weighted by Crippen LogP contribution is 2.36. The molecule has 1 aliphatic carbocycles. The van der Waals surface area contributed by atoms with Crippen LogP contribution >= 0.6 is 0 Å². The van der Waals surface area contributed by atoms with Gasteiger partial charge in [-0.2, -0.15) is 0 Å². The summed E-state index contributed by atoms with van der Waals surface area (Å²) in [7, 11) is -4.37. The Morgan fingerprint density at radius 1 is 1.16 bits per heavy atom. The summed E-state index contributed by atoms with van der Waals surface area (Å²) in [5.41, 5.74) is 1.94. The molecule has 0 N–H and O–H groups in total. The maximum atomic E-state index is 13.6. The number of aryl methyl sites for hydroxylation is 3. The first-order valence-electron chi connectivity index (χ1n) is 10.6. The van der Waals surface area contributed by atoms with Crippen LogP contribution in [-0.2, 0) is 27.7 Å². The molecule has 1 heterocycles. The van der Waals surface area contributed by atoms with E-state index in [9.17, 15) is 23.3 Å². The first kappa shape index (κ1) is 22.0. The second-order valence-electron chi connectivity index (χ2n) is 8.01. The predicted molar refractivity (Wildman–Crippen MR) is 120 cm³/mol. The molecular weight excluding hydrogens is 432 g/mol. The molecule has 9 heteroatoms. The molecule has 4 rings (SSSR count). The van der Waals surface area contributed by atoms with Crippen LogP contribution in [0.2, 0.25) is 0 Å². The number of fused-ring (bicyclic) bond motifs is 3.